The number of benzene rings is 9. The summed E-state index contributed by atoms with van der Waals surface area (Å²) in [7, 11) is 0. The van der Waals surface area contributed by atoms with Crippen molar-refractivity contribution in [3.05, 3.63) is 250 Å². The van der Waals surface area contributed by atoms with Gasteiger partial charge in [-0.15, -0.1) is 0 Å². The fraction of sp³-hybridized carbons (Fsp3) is 0.258. The predicted octanol–water partition coefficient (Wildman–Crippen LogP) is 21.7. The Morgan fingerprint density at radius 1 is 0.212 bits per heavy atom. The molecule has 0 atom stereocenters. The van der Waals surface area contributed by atoms with Gasteiger partial charge in [-0.05, 0) is 119 Å². The van der Waals surface area contributed by atoms with E-state index >= 15 is 0 Å². The maximum absolute atomic E-state index is 6.58. The fourth-order valence-electron chi connectivity index (χ4n) is 13.3. The van der Waals surface area contributed by atoms with Gasteiger partial charge in [0.25, 0.3) is 0 Å². The van der Waals surface area contributed by atoms with Crippen LogP contribution in [0, 0.1) is 71.0 Å². The molecule has 3 aromatic heterocycles. The van der Waals surface area contributed by atoms with Crippen LogP contribution in [0.25, 0.3) is 64.6 Å². The molecule has 0 unspecified atom stereocenters. The summed E-state index contributed by atoms with van der Waals surface area (Å²) in [4.78, 5) is 15.5. The molecule has 4 aliphatic rings. The maximum Gasteiger partial charge on any atom is 0.124 e. The largest absolute Gasteiger partial charge is 0.493 e. The molecule has 9 aromatic carbocycles. The van der Waals surface area contributed by atoms with E-state index in [1.54, 1.807) is 0 Å². The Morgan fingerprint density at radius 2 is 0.374 bits per heavy atom. The lowest BCUT2D eigenvalue weighted by molar-refractivity contribution is 0.303. The second-order valence-electron chi connectivity index (χ2n) is 25.6. The standard InChI is InChI=1S/C93H81N3O3/c1-4-7-10-13-16-31-58-97-73-61-67-46-52-88-76-34-19-23-38-80(76)90(81-39-24-20-35-77(81)88)54-48-69-63-74(98-59-32-17-14-11-8-5-2)65-71(95-69)50-56-92-84-42-27-29-44-86(84)93(87-45-30-28-43-85(87)92)57-51-72-66-75(99-60-33-18-15-12-9-6-3)64-70(96-72)49-55-91-82-40-25-21-36-78(82)89(53-47-68(62-73)94-67)79-37-22-26-41-83(79)91/h19-30,34-45,61-66H,4-18,31-33,58-60H2,1-3H3. The van der Waals surface area contributed by atoms with Gasteiger partial charge in [-0.2, -0.15) is 0 Å². The number of ether oxygens (including phenoxy) is 3. The van der Waals surface area contributed by atoms with Crippen LogP contribution in [0.1, 0.15) is 204 Å². The molecule has 16 rings (SSSR count). The first kappa shape index (κ1) is 66.4. The van der Waals surface area contributed by atoms with Gasteiger partial charge in [0.1, 0.15) is 51.4 Å². The minimum absolute atomic E-state index is 0.556. The summed E-state index contributed by atoms with van der Waals surface area (Å²) < 4.78 is 19.7. The Labute approximate surface area is 584 Å². The topological polar surface area (TPSA) is 66.4 Å². The van der Waals surface area contributed by atoms with Crippen LogP contribution in [0.4, 0.5) is 0 Å². The van der Waals surface area contributed by atoms with Crippen molar-refractivity contribution in [2.45, 2.75) is 136 Å². The minimum Gasteiger partial charge on any atom is -0.493 e. The van der Waals surface area contributed by atoms with Gasteiger partial charge in [0.05, 0.1) is 19.8 Å². The first-order valence-electron chi connectivity index (χ1n) is 35.9. The van der Waals surface area contributed by atoms with E-state index in [0.29, 0.717) is 71.2 Å². The smallest absolute Gasteiger partial charge is 0.124 e. The Hall–Kier alpha value is -11.3. The SMILES string of the molecule is CCCCCCCCOc1cc2nc(c1)C#Cc1c3ccccc3c(c3ccccc13)C#Cc1cc(OCCCCCCCC)cc(n1)C#Cc1c3ccccc3c(c3ccccc13)C#Cc1cc(OCCCCCCCC)cc(n1)C#Cc1c3ccccc3c(c3ccccc13)C#C2. The van der Waals surface area contributed by atoms with Gasteiger partial charge in [-0.1, -0.05) is 298 Å². The highest BCUT2D eigenvalue weighted by atomic mass is 16.5. The molecule has 4 aliphatic heterocycles. The maximum atomic E-state index is 6.58. The third-order valence-electron chi connectivity index (χ3n) is 18.4. The van der Waals surface area contributed by atoms with Gasteiger partial charge >= 0.3 is 0 Å². The first-order chi connectivity index (χ1) is 49.0. The molecule has 0 spiro atoms. The average molecular weight is 1290 g/mol. The summed E-state index contributed by atoms with van der Waals surface area (Å²) in [6.07, 6.45) is 20.8. The third-order valence-corrected chi connectivity index (χ3v) is 18.4. The van der Waals surface area contributed by atoms with Crippen molar-refractivity contribution >= 4 is 64.6 Å². The zero-order valence-corrected chi connectivity index (χ0v) is 57.2. The summed E-state index contributed by atoms with van der Waals surface area (Å²) in [6.45, 7) is 8.48. The number of pyridine rings is 3. The molecule has 0 saturated carbocycles. The molecule has 0 N–H and O–H groups in total. The second-order valence-corrected chi connectivity index (χ2v) is 25.6. The lowest BCUT2D eigenvalue weighted by Crippen LogP contribution is -2.00. The highest BCUT2D eigenvalue weighted by Gasteiger charge is 2.17. The third kappa shape index (κ3) is 16.3. The van der Waals surface area contributed by atoms with Crippen LogP contribution in [0.15, 0.2) is 182 Å². The van der Waals surface area contributed by atoms with Crippen LogP contribution in [0.2, 0.25) is 0 Å². The summed E-state index contributed by atoms with van der Waals surface area (Å²) in [5.41, 5.74) is 8.61. The molecule has 0 fully saturated rings. The van der Waals surface area contributed by atoms with Crippen LogP contribution < -0.4 is 14.2 Å². The number of aromatic nitrogens is 3. The highest BCUT2D eigenvalue weighted by Crippen LogP contribution is 2.36. The molecule has 0 amide bonds. The summed E-state index contributed by atoms with van der Waals surface area (Å²) >= 11 is 0. The van der Waals surface area contributed by atoms with Crippen molar-refractivity contribution in [2.75, 3.05) is 19.8 Å². The Kier molecular flexibility index (Phi) is 22.2. The molecule has 12 aromatic rings. The van der Waals surface area contributed by atoms with Gasteiger partial charge < -0.3 is 14.2 Å². The lowest BCUT2D eigenvalue weighted by Gasteiger charge is -2.11. The summed E-state index contributed by atoms with van der Waals surface area (Å²) in [5.74, 6) is 45.1. The first-order valence-corrected chi connectivity index (χ1v) is 35.9. The van der Waals surface area contributed by atoms with Crippen LogP contribution >= 0.6 is 0 Å². The van der Waals surface area contributed by atoms with Gasteiger partial charge in [0, 0.05) is 69.8 Å². The normalized spacial score (nSPS) is 11.4. The molecular weight excluding hydrogens is 1210 g/mol. The Morgan fingerprint density at radius 3 is 0.545 bits per heavy atom. The van der Waals surface area contributed by atoms with Gasteiger partial charge in [-0.3, -0.25) is 0 Å². The second kappa shape index (κ2) is 33.1. The molecule has 0 saturated heterocycles. The van der Waals surface area contributed by atoms with Crippen molar-refractivity contribution in [1.29, 1.82) is 0 Å². The average Bonchev–Trinajstić information content (AvgIpc) is 0.770. The van der Waals surface area contributed by atoms with Gasteiger partial charge in [0.2, 0.25) is 0 Å². The van der Waals surface area contributed by atoms with Gasteiger partial charge in [0.15, 0.2) is 0 Å². The zero-order valence-electron chi connectivity index (χ0n) is 57.2. The molecule has 0 aliphatic carbocycles. The molecular formula is C93H81N3O3. The van der Waals surface area contributed by atoms with Gasteiger partial charge in [-0.25, -0.2) is 15.0 Å². The number of nitrogens with zero attached hydrogens (tertiary/aromatic N) is 3. The van der Waals surface area contributed by atoms with Crippen molar-refractivity contribution in [3.63, 3.8) is 0 Å². The summed E-state index contributed by atoms with van der Waals surface area (Å²) in [5, 5.41) is 11.7. The van der Waals surface area contributed by atoms with E-state index in [1.807, 2.05) is 36.4 Å². The molecule has 6 heteroatoms. The minimum atomic E-state index is 0.556. The fourth-order valence-corrected chi connectivity index (χ4v) is 13.3. The van der Waals surface area contributed by atoms with E-state index in [0.717, 1.165) is 137 Å². The van der Waals surface area contributed by atoms with Crippen molar-refractivity contribution < 1.29 is 14.2 Å². The highest BCUT2D eigenvalue weighted by molar-refractivity contribution is 6.12. The predicted molar refractivity (Wildman–Crippen MR) is 410 cm³/mol. The lowest BCUT2D eigenvalue weighted by atomic mass is 9.92. The number of rotatable bonds is 24. The van der Waals surface area contributed by atoms with E-state index in [2.05, 4.69) is 237 Å². The molecule has 99 heavy (non-hydrogen) atoms. The van der Waals surface area contributed by atoms with E-state index in [4.69, 9.17) is 29.2 Å². The van der Waals surface area contributed by atoms with Crippen molar-refractivity contribution in [2.24, 2.45) is 0 Å². The zero-order chi connectivity index (χ0) is 67.4. The van der Waals surface area contributed by atoms with E-state index < -0.39 is 0 Å². The number of hydrogen-bond donors (Lipinski definition) is 0. The molecule has 486 valence electrons. The summed E-state index contributed by atoms with van der Waals surface area (Å²) in [6, 6.07) is 62.0. The Bertz CT molecular complexity index is 4400. The molecule has 12 bridgehead atoms. The monoisotopic (exact) mass is 1290 g/mol. The quantitative estimate of drug-likeness (QED) is 0.0341. The molecule has 0 radical (unpaired) electrons. The molecule has 6 nitrogen and oxygen atoms in total. The Balaban J connectivity index is 1.00. The van der Waals surface area contributed by atoms with Crippen LogP contribution in [-0.2, 0) is 0 Å². The van der Waals surface area contributed by atoms with Crippen LogP contribution in [0.5, 0.6) is 17.2 Å². The van der Waals surface area contributed by atoms with E-state index in [-0.39, 0.29) is 0 Å². The molecule has 7 heterocycles. The van der Waals surface area contributed by atoms with Crippen LogP contribution in [-0.4, -0.2) is 34.8 Å². The van der Waals surface area contributed by atoms with E-state index in [9.17, 15) is 0 Å². The van der Waals surface area contributed by atoms with Crippen molar-refractivity contribution in [1.82, 2.24) is 15.0 Å². The van der Waals surface area contributed by atoms with E-state index in [1.165, 1.54) is 77.0 Å². The number of unbranched alkanes of at least 4 members (excludes halogenated alkanes) is 15. The van der Waals surface area contributed by atoms with Crippen molar-refractivity contribution in [3.8, 4) is 88.3 Å². The van der Waals surface area contributed by atoms with Crippen LogP contribution in [0.3, 0.4) is 0 Å². The number of hydrogen-bond acceptors (Lipinski definition) is 6.